The van der Waals surface area contributed by atoms with E-state index in [1.807, 2.05) is 25.1 Å². The van der Waals surface area contributed by atoms with Gasteiger partial charge in [0.2, 0.25) is 0 Å². The third-order valence-electron chi connectivity index (χ3n) is 5.16. The van der Waals surface area contributed by atoms with Crippen molar-refractivity contribution in [2.45, 2.75) is 13.1 Å². The minimum atomic E-state index is -4.61. The van der Waals surface area contributed by atoms with Crippen molar-refractivity contribution in [2.24, 2.45) is 0 Å². The minimum Gasteiger partial charge on any atom is -0.476 e. The van der Waals surface area contributed by atoms with Crippen molar-refractivity contribution in [3.05, 3.63) is 77.2 Å². The summed E-state index contributed by atoms with van der Waals surface area (Å²) in [4.78, 5) is 23.4. The van der Waals surface area contributed by atoms with E-state index >= 15 is 0 Å². The highest BCUT2D eigenvalue weighted by atomic mass is 32.1. The second-order valence-electron chi connectivity index (χ2n) is 7.42. The number of fused-ring (bicyclic) bond motifs is 1. The Bertz CT molecular complexity index is 1560. The summed E-state index contributed by atoms with van der Waals surface area (Å²) >= 11 is 1.23. The predicted molar refractivity (Wildman–Crippen MR) is 119 cm³/mol. The fourth-order valence-electron chi connectivity index (χ4n) is 3.51. The number of carbonyl (C=O) groups is 1. The second kappa shape index (κ2) is 8.03. The van der Waals surface area contributed by atoms with Crippen LogP contribution in [0.3, 0.4) is 0 Å². The Hall–Kier alpha value is -4.12. The molecule has 0 bridgehead atoms. The van der Waals surface area contributed by atoms with Gasteiger partial charge in [-0.25, -0.2) is 19.3 Å². The Balaban J connectivity index is 1.56. The number of aryl methyl sites for hydroxylation is 1. The van der Waals surface area contributed by atoms with E-state index in [0.29, 0.717) is 16.3 Å². The summed E-state index contributed by atoms with van der Waals surface area (Å²) in [5, 5.41) is 15.5. The molecule has 1 N–H and O–H groups in total. The van der Waals surface area contributed by atoms with Crippen molar-refractivity contribution in [1.29, 1.82) is 0 Å². The maximum absolute atomic E-state index is 13.4. The van der Waals surface area contributed by atoms with Crippen LogP contribution in [-0.2, 0) is 6.18 Å². The lowest BCUT2D eigenvalue weighted by molar-refractivity contribution is -0.140. The number of pyridine rings is 1. The van der Waals surface area contributed by atoms with Crippen molar-refractivity contribution < 1.29 is 23.1 Å². The summed E-state index contributed by atoms with van der Waals surface area (Å²) in [6.45, 7) is 1.89. The van der Waals surface area contributed by atoms with Gasteiger partial charge in [0.1, 0.15) is 5.01 Å². The van der Waals surface area contributed by atoms with Gasteiger partial charge in [0.05, 0.1) is 17.6 Å². The summed E-state index contributed by atoms with van der Waals surface area (Å²) in [6.07, 6.45) is -1.89. The zero-order chi connectivity index (χ0) is 24.0. The Morgan fingerprint density at radius 2 is 1.88 bits per heavy atom. The van der Waals surface area contributed by atoms with E-state index in [-0.39, 0.29) is 17.0 Å². The molecule has 11 heteroatoms. The fraction of sp³-hybridized carbons (Fsp3) is 0.0870. The van der Waals surface area contributed by atoms with Crippen LogP contribution < -0.4 is 0 Å². The van der Waals surface area contributed by atoms with E-state index < -0.39 is 17.8 Å². The van der Waals surface area contributed by atoms with Crippen molar-refractivity contribution in [2.75, 3.05) is 0 Å². The molecule has 0 atom stereocenters. The SMILES string of the molecule is Cc1ccc(-c2cn3nc(-c4cccnc4C(F)(F)F)ccc3n2)cc1-c1nc(C(=O)O)cs1. The molecule has 4 aromatic heterocycles. The first kappa shape index (κ1) is 21.7. The van der Waals surface area contributed by atoms with E-state index in [1.54, 1.807) is 12.3 Å². The Labute approximate surface area is 194 Å². The summed E-state index contributed by atoms with van der Waals surface area (Å²) < 4.78 is 41.6. The lowest BCUT2D eigenvalue weighted by Gasteiger charge is -2.10. The fourth-order valence-corrected chi connectivity index (χ4v) is 4.38. The topological polar surface area (TPSA) is 93.3 Å². The quantitative estimate of drug-likeness (QED) is 0.359. The lowest BCUT2D eigenvalue weighted by Crippen LogP contribution is -2.10. The zero-order valence-corrected chi connectivity index (χ0v) is 18.2. The first-order chi connectivity index (χ1) is 16.2. The molecule has 0 amide bonds. The van der Waals surface area contributed by atoms with Crippen molar-refractivity contribution in [1.82, 2.24) is 24.6 Å². The molecule has 5 aromatic rings. The number of thiazole rings is 1. The van der Waals surface area contributed by atoms with E-state index in [1.165, 1.54) is 39.4 Å². The van der Waals surface area contributed by atoms with Crippen molar-refractivity contribution >= 4 is 23.0 Å². The number of nitrogens with zero attached hydrogens (tertiary/aromatic N) is 5. The van der Waals surface area contributed by atoms with Gasteiger partial charge >= 0.3 is 12.1 Å². The highest BCUT2D eigenvalue weighted by Gasteiger charge is 2.35. The zero-order valence-electron chi connectivity index (χ0n) is 17.4. The van der Waals surface area contributed by atoms with Gasteiger partial charge in [-0.2, -0.15) is 18.3 Å². The normalized spacial score (nSPS) is 11.8. The van der Waals surface area contributed by atoms with Crippen LogP contribution in [0, 0.1) is 6.92 Å². The third-order valence-corrected chi connectivity index (χ3v) is 6.03. The van der Waals surface area contributed by atoms with Crippen molar-refractivity contribution in [3.63, 3.8) is 0 Å². The molecular formula is C23H14F3N5O2S. The smallest absolute Gasteiger partial charge is 0.434 e. The molecule has 0 saturated heterocycles. The van der Waals surface area contributed by atoms with Crippen LogP contribution in [0.15, 0.2) is 60.2 Å². The number of benzene rings is 1. The van der Waals surface area contributed by atoms with Gasteiger partial charge in [-0.1, -0.05) is 12.1 Å². The van der Waals surface area contributed by atoms with Gasteiger partial charge < -0.3 is 5.11 Å². The molecule has 0 radical (unpaired) electrons. The van der Waals surface area contributed by atoms with Crippen LogP contribution in [-0.4, -0.2) is 35.6 Å². The molecule has 7 nitrogen and oxygen atoms in total. The van der Waals surface area contributed by atoms with Gasteiger partial charge in [-0.05, 0) is 42.8 Å². The third kappa shape index (κ3) is 3.90. The number of halogens is 3. The minimum absolute atomic E-state index is 0.0251. The first-order valence-corrected chi connectivity index (χ1v) is 10.8. The molecule has 0 aliphatic rings. The van der Waals surface area contributed by atoms with Crippen LogP contribution in [0.5, 0.6) is 0 Å². The van der Waals surface area contributed by atoms with Crippen LogP contribution in [0.4, 0.5) is 13.2 Å². The van der Waals surface area contributed by atoms with Gasteiger partial charge in [0, 0.05) is 28.3 Å². The molecule has 0 aliphatic carbocycles. The molecule has 0 aliphatic heterocycles. The highest BCUT2D eigenvalue weighted by Crippen LogP contribution is 2.35. The van der Waals surface area contributed by atoms with E-state index in [0.717, 1.165) is 22.9 Å². The number of imidazole rings is 1. The van der Waals surface area contributed by atoms with Gasteiger partial charge in [-0.3, -0.25) is 4.98 Å². The number of carboxylic acids is 1. The first-order valence-electron chi connectivity index (χ1n) is 9.90. The summed E-state index contributed by atoms with van der Waals surface area (Å²) in [5.74, 6) is -1.10. The molecule has 170 valence electrons. The highest BCUT2D eigenvalue weighted by molar-refractivity contribution is 7.13. The number of carboxylic acid groups (broad SMARTS) is 1. The lowest BCUT2D eigenvalue weighted by atomic mass is 10.0. The molecule has 34 heavy (non-hydrogen) atoms. The molecular weight excluding hydrogens is 467 g/mol. The standard InChI is InChI=1S/C23H14F3N5O2S/c1-12-4-5-13(9-15(12)21-29-18(11-34-21)22(32)33)17-10-31-19(28-17)7-6-16(30-31)14-3-2-8-27-20(14)23(24,25)26/h2-11H,1H3,(H,32,33). The van der Waals surface area contributed by atoms with Gasteiger partial charge in [0.15, 0.2) is 17.0 Å². The largest absolute Gasteiger partial charge is 0.476 e. The number of aromatic carboxylic acids is 1. The van der Waals surface area contributed by atoms with Crippen LogP contribution in [0.1, 0.15) is 21.7 Å². The maximum Gasteiger partial charge on any atom is 0.434 e. The molecule has 0 fully saturated rings. The summed E-state index contributed by atoms with van der Waals surface area (Å²) in [5.41, 5.74) is 2.40. The van der Waals surface area contributed by atoms with E-state index in [2.05, 4.69) is 20.1 Å². The number of rotatable bonds is 4. The average molecular weight is 481 g/mol. The second-order valence-corrected chi connectivity index (χ2v) is 8.28. The number of aromatic nitrogens is 5. The Morgan fingerprint density at radius 3 is 2.62 bits per heavy atom. The molecule has 0 spiro atoms. The average Bonchev–Trinajstić information content (AvgIpc) is 3.46. The molecule has 0 unspecified atom stereocenters. The van der Waals surface area contributed by atoms with Crippen LogP contribution in [0.25, 0.3) is 38.7 Å². The Kier molecular flexibility index (Phi) is 5.13. The van der Waals surface area contributed by atoms with E-state index in [4.69, 9.17) is 5.11 Å². The monoisotopic (exact) mass is 481 g/mol. The molecule has 1 aromatic carbocycles. The van der Waals surface area contributed by atoms with Crippen molar-refractivity contribution in [3.8, 4) is 33.1 Å². The molecule has 0 saturated carbocycles. The number of hydrogen-bond acceptors (Lipinski definition) is 6. The van der Waals surface area contributed by atoms with Gasteiger partial charge in [-0.15, -0.1) is 11.3 Å². The molecule has 4 heterocycles. The Morgan fingerprint density at radius 1 is 1.06 bits per heavy atom. The van der Waals surface area contributed by atoms with E-state index in [9.17, 15) is 18.0 Å². The molecule has 5 rings (SSSR count). The van der Waals surface area contributed by atoms with Crippen LogP contribution in [0.2, 0.25) is 0 Å². The number of alkyl halides is 3. The maximum atomic E-state index is 13.4. The summed E-state index contributed by atoms with van der Waals surface area (Å²) in [7, 11) is 0. The summed E-state index contributed by atoms with van der Waals surface area (Å²) in [6, 6.07) is 11.4. The number of hydrogen-bond donors (Lipinski definition) is 1. The van der Waals surface area contributed by atoms with Crippen LogP contribution >= 0.6 is 11.3 Å². The van der Waals surface area contributed by atoms with Gasteiger partial charge in [0.25, 0.3) is 0 Å². The predicted octanol–water partition coefficient (Wildman–Crippen LogP) is 5.61.